The third-order valence-corrected chi connectivity index (χ3v) is 4.79. The SMILES string of the molecule is CN(C)c1nc(N)c2ncn(CCCCOC(=O)NCc3ccc4nccn4c3)c2n1. The molecule has 4 heterocycles. The molecule has 162 valence electrons. The highest BCUT2D eigenvalue weighted by Gasteiger charge is 2.12. The van der Waals surface area contributed by atoms with E-state index in [4.69, 9.17) is 10.5 Å². The number of alkyl carbamates (subject to hydrolysis) is 1. The smallest absolute Gasteiger partial charge is 0.407 e. The summed E-state index contributed by atoms with van der Waals surface area (Å²) in [5, 5.41) is 2.76. The van der Waals surface area contributed by atoms with Crippen LogP contribution >= 0.6 is 0 Å². The third kappa shape index (κ3) is 4.65. The van der Waals surface area contributed by atoms with Crippen molar-refractivity contribution in [3.05, 3.63) is 42.6 Å². The molecule has 4 rings (SSSR count). The standard InChI is InChI=1S/C20H25N9O2/c1-27(2)19-25-17(21)16-18(26-19)29(13-24-16)8-3-4-10-31-20(30)23-11-14-5-6-15-22-7-9-28(15)12-14/h5-7,9,12-13H,3-4,8,10-11H2,1-2H3,(H,23,30)(H2,21,25,26). The van der Waals surface area contributed by atoms with Crippen LogP contribution < -0.4 is 16.0 Å². The monoisotopic (exact) mass is 423 g/mol. The number of amides is 1. The predicted octanol–water partition coefficient (Wildman–Crippen LogP) is 1.83. The van der Waals surface area contributed by atoms with E-state index in [1.54, 1.807) is 17.4 Å². The van der Waals surface area contributed by atoms with E-state index < -0.39 is 6.09 Å². The average Bonchev–Trinajstić information content (AvgIpc) is 3.38. The number of rotatable bonds is 8. The van der Waals surface area contributed by atoms with Crippen molar-refractivity contribution in [3.8, 4) is 0 Å². The van der Waals surface area contributed by atoms with Gasteiger partial charge in [0.1, 0.15) is 11.2 Å². The van der Waals surface area contributed by atoms with Crippen LogP contribution in [-0.2, 0) is 17.8 Å². The fraction of sp³-hybridized carbons (Fsp3) is 0.350. The first-order valence-electron chi connectivity index (χ1n) is 9.99. The number of imidazole rings is 2. The number of nitrogens with zero attached hydrogens (tertiary/aromatic N) is 7. The second-order valence-electron chi connectivity index (χ2n) is 7.34. The molecular formula is C20H25N9O2. The Bertz CT molecular complexity index is 1200. The number of unbranched alkanes of at least 4 members (excludes halogenated alkanes) is 1. The van der Waals surface area contributed by atoms with E-state index in [2.05, 4.69) is 25.3 Å². The Kier molecular flexibility index (Phi) is 5.83. The van der Waals surface area contributed by atoms with Crippen molar-refractivity contribution < 1.29 is 9.53 Å². The number of aryl methyl sites for hydroxylation is 1. The number of fused-ring (bicyclic) bond motifs is 2. The van der Waals surface area contributed by atoms with Gasteiger partial charge in [-0.2, -0.15) is 9.97 Å². The van der Waals surface area contributed by atoms with Crippen molar-refractivity contribution in [2.45, 2.75) is 25.9 Å². The quantitative estimate of drug-likeness (QED) is 0.411. The van der Waals surface area contributed by atoms with Gasteiger partial charge in [0.05, 0.1) is 12.9 Å². The molecule has 0 aliphatic rings. The van der Waals surface area contributed by atoms with Crippen molar-refractivity contribution >= 4 is 34.7 Å². The van der Waals surface area contributed by atoms with Gasteiger partial charge in [-0.05, 0) is 24.5 Å². The predicted molar refractivity (Wildman–Crippen MR) is 117 cm³/mol. The van der Waals surface area contributed by atoms with E-state index in [0.29, 0.717) is 42.6 Å². The van der Waals surface area contributed by atoms with E-state index >= 15 is 0 Å². The summed E-state index contributed by atoms with van der Waals surface area (Å²) in [5.41, 5.74) is 9.11. The van der Waals surface area contributed by atoms with Gasteiger partial charge in [0, 0.05) is 45.8 Å². The van der Waals surface area contributed by atoms with Gasteiger partial charge in [-0.15, -0.1) is 0 Å². The number of nitrogen functional groups attached to an aromatic ring is 1. The Hall–Kier alpha value is -3.89. The highest BCUT2D eigenvalue weighted by Crippen LogP contribution is 2.19. The largest absolute Gasteiger partial charge is 0.450 e. The van der Waals surface area contributed by atoms with E-state index in [1.165, 1.54) is 0 Å². The minimum absolute atomic E-state index is 0.332. The van der Waals surface area contributed by atoms with Gasteiger partial charge in [-0.1, -0.05) is 6.07 Å². The zero-order valence-electron chi connectivity index (χ0n) is 17.5. The lowest BCUT2D eigenvalue weighted by Crippen LogP contribution is -2.24. The molecule has 0 fully saturated rings. The van der Waals surface area contributed by atoms with Crippen molar-refractivity contribution in [1.82, 2.24) is 34.2 Å². The second-order valence-corrected chi connectivity index (χ2v) is 7.34. The molecule has 0 bridgehead atoms. The van der Waals surface area contributed by atoms with Gasteiger partial charge in [-0.25, -0.2) is 14.8 Å². The summed E-state index contributed by atoms with van der Waals surface area (Å²) in [6.45, 7) is 1.41. The number of nitrogens with one attached hydrogen (secondary N) is 1. The zero-order valence-corrected chi connectivity index (χ0v) is 17.5. The minimum atomic E-state index is -0.435. The molecule has 0 aliphatic carbocycles. The van der Waals surface area contributed by atoms with E-state index in [9.17, 15) is 4.79 Å². The molecule has 0 saturated heterocycles. The van der Waals surface area contributed by atoms with Crippen LogP contribution in [0.3, 0.4) is 0 Å². The fourth-order valence-electron chi connectivity index (χ4n) is 3.16. The topological polar surface area (TPSA) is 128 Å². The molecule has 11 nitrogen and oxygen atoms in total. The lowest BCUT2D eigenvalue weighted by Gasteiger charge is -2.11. The summed E-state index contributed by atoms with van der Waals surface area (Å²) in [6, 6.07) is 3.83. The van der Waals surface area contributed by atoms with Crippen molar-refractivity contribution in [3.63, 3.8) is 0 Å². The summed E-state index contributed by atoms with van der Waals surface area (Å²) in [6.07, 6.45) is 8.32. The highest BCUT2D eigenvalue weighted by atomic mass is 16.5. The molecule has 0 unspecified atom stereocenters. The normalized spacial score (nSPS) is 11.2. The average molecular weight is 423 g/mol. The van der Waals surface area contributed by atoms with E-state index in [0.717, 1.165) is 24.1 Å². The Balaban J connectivity index is 1.21. The zero-order chi connectivity index (χ0) is 21.8. The van der Waals surface area contributed by atoms with E-state index in [-0.39, 0.29) is 0 Å². The van der Waals surface area contributed by atoms with Gasteiger partial charge in [-0.3, -0.25) is 0 Å². The Morgan fingerprint density at radius 2 is 2.10 bits per heavy atom. The van der Waals surface area contributed by atoms with Gasteiger partial charge in [0.15, 0.2) is 11.5 Å². The molecule has 4 aromatic rings. The van der Waals surface area contributed by atoms with Crippen LogP contribution in [0.25, 0.3) is 16.8 Å². The summed E-state index contributed by atoms with van der Waals surface area (Å²) < 4.78 is 9.11. The van der Waals surface area contributed by atoms with Crippen molar-refractivity contribution in [1.29, 1.82) is 0 Å². The second kappa shape index (κ2) is 8.86. The third-order valence-electron chi connectivity index (χ3n) is 4.79. The summed E-state index contributed by atoms with van der Waals surface area (Å²) in [7, 11) is 3.72. The molecule has 31 heavy (non-hydrogen) atoms. The number of carbonyl (C=O) groups is 1. The number of anilines is 2. The fourth-order valence-corrected chi connectivity index (χ4v) is 3.16. The minimum Gasteiger partial charge on any atom is -0.450 e. The molecule has 1 amide bonds. The van der Waals surface area contributed by atoms with Crippen LogP contribution in [0.15, 0.2) is 37.1 Å². The Morgan fingerprint density at radius 3 is 2.94 bits per heavy atom. The Morgan fingerprint density at radius 1 is 1.23 bits per heavy atom. The molecule has 0 spiro atoms. The number of hydrogen-bond donors (Lipinski definition) is 2. The number of aromatic nitrogens is 6. The molecule has 0 radical (unpaired) electrons. The molecule has 0 atom stereocenters. The van der Waals surface area contributed by atoms with E-state index in [1.807, 2.05) is 47.6 Å². The molecule has 4 aromatic heterocycles. The van der Waals surface area contributed by atoms with Crippen LogP contribution in [0.5, 0.6) is 0 Å². The summed E-state index contributed by atoms with van der Waals surface area (Å²) >= 11 is 0. The van der Waals surface area contributed by atoms with Crippen molar-refractivity contribution in [2.75, 3.05) is 31.3 Å². The number of carbonyl (C=O) groups excluding carboxylic acids is 1. The lowest BCUT2D eigenvalue weighted by molar-refractivity contribution is 0.143. The van der Waals surface area contributed by atoms with Crippen LogP contribution in [-0.4, -0.2) is 55.7 Å². The molecule has 0 aliphatic heterocycles. The first kappa shape index (κ1) is 20.4. The lowest BCUT2D eigenvalue weighted by atomic mass is 10.3. The van der Waals surface area contributed by atoms with Crippen LogP contribution in [0.4, 0.5) is 16.6 Å². The van der Waals surface area contributed by atoms with Gasteiger partial charge in [0.2, 0.25) is 5.95 Å². The molecule has 0 aromatic carbocycles. The van der Waals surface area contributed by atoms with Crippen molar-refractivity contribution in [2.24, 2.45) is 0 Å². The number of pyridine rings is 1. The molecule has 11 heteroatoms. The van der Waals surface area contributed by atoms with Gasteiger partial charge in [0.25, 0.3) is 0 Å². The van der Waals surface area contributed by atoms with Crippen LogP contribution in [0.2, 0.25) is 0 Å². The number of nitrogens with two attached hydrogens (primary N) is 1. The van der Waals surface area contributed by atoms with Crippen LogP contribution in [0.1, 0.15) is 18.4 Å². The Labute approximate surface area is 178 Å². The summed E-state index contributed by atoms with van der Waals surface area (Å²) in [5.74, 6) is 0.901. The van der Waals surface area contributed by atoms with Gasteiger partial charge >= 0.3 is 6.09 Å². The van der Waals surface area contributed by atoms with Crippen LogP contribution in [0, 0.1) is 0 Å². The van der Waals surface area contributed by atoms with Gasteiger partial charge < -0.3 is 29.7 Å². The maximum atomic E-state index is 11.9. The number of hydrogen-bond acceptors (Lipinski definition) is 8. The number of ether oxygens (including phenoxy) is 1. The maximum absolute atomic E-state index is 11.9. The summed E-state index contributed by atoms with van der Waals surface area (Å²) in [4.78, 5) is 31.0. The first-order valence-corrected chi connectivity index (χ1v) is 9.99. The molecule has 0 saturated carbocycles. The molecule has 3 N–H and O–H groups in total. The first-order chi connectivity index (χ1) is 15.0. The maximum Gasteiger partial charge on any atom is 0.407 e. The highest BCUT2D eigenvalue weighted by molar-refractivity contribution is 5.82. The molecular weight excluding hydrogens is 398 g/mol.